The van der Waals surface area contributed by atoms with Gasteiger partial charge in [0.05, 0.1) is 16.1 Å². The number of para-hydroxylation sites is 2. The SMILES string of the molecule is CC1(C)c2ccccc2-c2ccc(-c3c4oc5cc(N(c6ccccc6-c6ccccc6)c6cccc7c6sc6ccccc67)ccc5c4cc4oc5ccccc5c34)cc21. The minimum absolute atomic E-state index is 0.146. The highest BCUT2D eigenvalue weighted by atomic mass is 32.1. The number of hydrogen-bond donors (Lipinski definition) is 0. The fraction of sp³-hybridized carbons (Fsp3) is 0.0526. The average molecular weight is 800 g/mol. The summed E-state index contributed by atoms with van der Waals surface area (Å²) >= 11 is 1.85. The predicted octanol–water partition coefficient (Wildman–Crippen LogP) is 17.0. The molecule has 0 fully saturated rings. The highest BCUT2D eigenvalue weighted by Gasteiger charge is 2.36. The van der Waals surface area contributed by atoms with Crippen LogP contribution in [-0.4, -0.2) is 0 Å². The van der Waals surface area contributed by atoms with Gasteiger partial charge in [0.2, 0.25) is 0 Å². The second kappa shape index (κ2) is 12.8. The van der Waals surface area contributed by atoms with Crippen molar-refractivity contribution in [1.82, 2.24) is 0 Å². The summed E-state index contributed by atoms with van der Waals surface area (Å²) in [6.07, 6.45) is 0. The number of benzene rings is 9. The van der Waals surface area contributed by atoms with E-state index in [0.717, 1.165) is 83.2 Å². The monoisotopic (exact) mass is 799 g/mol. The van der Waals surface area contributed by atoms with E-state index in [2.05, 4.69) is 201 Å². The molecule has 1 aliphatic carbocycles. The van der Waals surface area contributed by atoms with Crippen LogP contribution in [0.5, 0.6) is 0 Å². The molecule has 1 aliphatic rings. The molecule has 13 rings (SSSR count). The van der Waals surface area contributed by atoms with Gasteiger partial charge in [0.1, 0.15) is 22.3 Å². The zero-order chi connectivity index (χ0) is 40.4. The zero-order valence-electron chi connectivity index (χ0n) is 33.6. The largest absolute Gasteiger partial charge is 0.456 e. The van der Waals surface area contributed by atoms with E-state index in [1.165, 1.54) is 42.4 Å². The molecule has 3 aromatic heterocycles. The van der Waals surface area contributed by atoms with Crippen molar-refractivity contribution in [2.75, 3.05) is 4.90 Å². The molecule has 0 saturated carbocycles. The van der Waals surface area contributed by atoms with E-state index >= 15 is 0 Å². The standard InChI is InChI=1S/C57H37NO2S/c1-57(2)45-22-10-6-18-38(45)39-29-27-35(31-46(39)57)53-54-43-20-8-12-25-49(43)59-51(54)33-44-40-30-28-36(32-50(40)60-55(44)53)58(47-23-11-7-17-37(47)34-15-4-3-5-16-34)48-24-14-21-42-41-19-9-13-26-52(41)61-56(42)48/h3-33H,1-2H3. The van der Waals surface area contributed by atoms with Crippen molar-refractivity contribution in [1.29, 1.82) is 0 Å². The van der Waals surface area contributed by atoms with Gasteiger partial charge in [0.25, 0.3) is 0 Å². The summed E-state index contributed by atoms with van der Waals surface area (Å²) in [6.45, 7) is 4.68. The Labute approximate surface area is 356 Å². The van der Waals surface area contributed by atoms with Crippen LogP contribution in [0.2, 0.25) is 0 Å². The fourth-order valence-electron chi connectivity index (χ4n) is 10.2. The maximum absolute atomic E-state index is 7.24. The van der Waals surface area contributed by atoms with Gasteiger partial charge in [-0.2, -0.15) is 0 Å². The molecular weight excluding hydrogens is 763 g/mol. The number of thiophene rings is 1. The van der Waals surface area contributed by atoms with Gasteiger partial charge in [-0.3, -0.25) is 0 Å². The molecule has 0 unspecified atom stereocenters. The van der Waals surface area contributed by atoms with E-state index < -0.39 is 0 Å². The molecule has 0 aliphatic heterocycles. The number of fused-ring (bicyclic) bond motifs is 12. The Kier molecular flexibility index (Phi) is 7.23. The van der Waals surface area contributed by atoms with E-state index in [1.54, 1.807) is 0 Å². The Hall–Kier alpha value is -7.40. The highest BCUT2D eigenvalue weighted by molar-refractivity contribution is 7.26. The molecule has 3 nitrogen and oxygen atoms in total. The summed E-state index contributed by atoms with van der Waals surface area (Å²) in [5.41, 5.74) is 16.3. The van der Waals surface area contributed by atoms with Gasteiger partial charge in [-0.1, -0.05) is 147 Å². The predicted molar refractivity (Wildman–Crippen MR) is 257 cm³/mol. The van der Waals surface area contributed by atoms with E-state index in [-0.39, 0.29) is 5.41 Å². The van der Waals surface area contributed by atoms with Crippen molar-refractivity contribution in [3.05, 3.63) is 199 Å². The summed E-state index contributed by atoms with van der Waals surface area (Å²) in [4.78, 5) is 2.42. The van der Waals surface area contributed by atoms with Gasteiger partial charge in [0, 0.05) is 65.3 Å². The third-order valence-electron chi connectivity index (χ3n) is 13.1. The molecule has 0 saturated heterocycles. The Bertz CT molecular complexity index is 3750. The molecule has 61 heavy (non-hydrogen) atoms. The Morgan fingerprint density at radius 3 is 2.07 bits per heavy atom. The van der Waals surface area contributed by atoms with Gasteiger partial charge in [-0.05, 0) is 81.9 Å². The smallest absolute Gasteiger partial charge is 0.144 e. The number of anilines is 3. The number of rotatable bonds is 5. The third-order valence-corrected chi connectivity index (χ3v) is 14.3. The summed E-state index contributed by atoms with van der Waals surface area (Å²) in [5, 5.41) is 6.77. The Morgan fingerprint density at radius 1 is 0.443 bits per heavy atom. The number of nitrogens with zero attached hydrogens (tertiary/aromatic N) is 1. The van der Waals surface area contributed by atoms with Gasteiger partial charge >= 0.3 is 0 Å². The molecule has 3 heterocycles. The molecular formula is C57H37NO2S. The summed E-state index contributed by atoms with van der Waals surface area (Å²) in [7, 11) is 0. The number of furan rings is 2. The molecule has 0 radical (unpaired) electrons. The molecule has 4 heteroatoms. The van der Waals surface area contributed by atoms with Crippen molar-refractivity contribution < 1.29 is 8.83 Å². The van der Waals surface area contributed by atoms with Gasteiger partial charge in [-0.15, -0.1) is 11.3 Å². The molecule has 0 spiro atoms. The van der Waals surface area contributed by atoms with E-state index in [4.69, 9.17) is 8.83 Å². The van der Waals surface area contributed by atoms with Crippen LogP contribution >= 0.6 is 11.3 Å². The summed E-state index contributed by atoms with van der Waals surface area (Å²) in [6, 6.07) is 67.9. The Balaban J connectivity index is 1.08. The van der Waals surface area contributed by atoms with Crippen LogP contribution in [0.4, 0.5) is 17.1 Å². The van der Waals surface area contributed by atoms with Crippen LogP contribution in [0.25, 0.3) is 97.4 Å². The first-order valence-corrected chi connectivity index (χ1v) is 21.7. The lowest BCUT2D eigenvalue weighted by molar-refractivity contribution is 0.660. The van der Waals surface area contributed by atoms with Crippen molar-refractivity contribution in [3.8, 4) is 33.4 Å². The van der Waals surface area contributed by atoms with Crippen LogP contribution in [-0.2, 0) is 5.41 Å². The minimum atomic E-state index is -0.146. The molecule has 288 valence electrons. The first-order chi connectivity index (χ1) is 30.0. The van der Waals surface area contributed by atoms with Gasteiger partial charge < -0.3 is 13.7 Å². The molecule has 0 bridgehead atoms. The maximum Gasteiger partial charge on any atom is 0.144 e. The first-order valence-electron chi connectivity index (χ1n) is 20.9. The second-order valence-corrected chi connectivity index (χ2v) is 17.8. The summed E-state index contributed by atoms with van der Waals surface area (Å²) in [5.74, 6) is 0. The van der Waals surface area contributed by atoms with Crippen molar-refractivity contribution >= 4 is 92.4 Å². The quantitative estimate of drug-likeness (QED) is 0.174. The van der Waals surface area contributed by atoms with Crippen LogP contribution < -0.4 is 4.90 Å². The summed E-state index contributed by atoms with van der Waals surface area (Å²) < 4.78 is 16.4. The van der Waals surface area contributed by atoms with Gasteiger partial charge in [0.15, 0.2) is 0 Å². The normalized spacial score (nSPS) is 13.2. The van der Waals surface area contributed by atoms with Crippen molar-refractivity contribution in [2.45, 2.75) is 19.3 Å². The van der Waals surface area contributed by atoms with Crippen molar-refractivity contribution in [2.24, 2.45) is 0 Å². The van der Waals surface area contributed by atoms with Gasteiger partial charge in [-0.25, -0.2) is 0 Å². The topological polar surface area (TPSA) is 29.5 Å². The second-order valence-electron chi connectivity index (χ2n) is 16.8. The van der Waals surface area contributed by atoms with Crippen LogP contribution in [0.3, 0.4) is 0 Å². The van der Waals surface area contributed by atoms with E-state index in [9.17, 15) is 0 Å². The average Bonchev–Trinajstić information content (AvgIpc) is 4.04. The lowest BCUT2D eigenvalue weighted by Crippen LogP contribution is -2.14. The first kappa shape index (κ1) is 34.5. The van der Waals surface area contributed by atoms with Crippen LogP contribution in [0, 0.1) is 0 Å². The lowest BCUT2D eigenvalue weighted by Gasteiger charge is -2.28. The van der Waals surface area contributed by atoms with E-state index in [1.807, 2.05) is 17.4 Å². The fourth-order valence-corrected chi connectivity index (χ4v) is 11.4. The van der Waals surface area contributed by atoms with Crippen LogP contribution in [0.15, 0.2) is 197 Å². The molecule has 12 aromatic rings. The number of hydrogen-bond acceptors (Lipinski definition) is 4. The minimum Gasteiger partial charge on any atom is -0.456 e. The molecule has 9 aromatic carbocycles. The zero-order valence-corrected chi connectivity index (χ0v) is 34.4. The van der Waals surface area contributed by atoms with Crippen molar-refractivity contribution in [3.63, 3.8) is 0 Å². The molecule has 0 N–H and O–H groups in total. The lowest BCUT2D eigenvalue weighted by atomic mass is 9.81. The maximum atomic E-state index is 7.24. The third kappa shape index (κ3) is 4.97. The molecule has 0 amide bonds. The Morgan fingerprint density at radius 2 is 1.16 bits per heavy atom. The van der Waals surface area contributed by atoms with Crippen LogP contribution in [0.1, 0.15) is 25.0 Å². The highest BCUT2D eigenvalue weighted by Crippen LogP contribution is 2.53. The molecule has 0 atom stereocenters. The van der Waals surface area contributed by atoms with E-state index in [0.29, 0.717) is 0 Å².